The third kappa shape index (κ3) is 4.00. The molecule has 2 heterocycles. The van der Waals surface area contributed by atoms with Gasteiger partial charge in [0.05, 0.1) is 0 Å². The number of carbonyl (C=O) groups excluding carboxylic acids is 1. The first-order chi connectivity index (χ1) is 12.8. The van der Waals surface area contributed by atoms with Crippen molar-refractivity contribution in [2.24, 2.45) is 11.8 Å². The number of carbonyl (C=O) groups is 1. The molecule has 4 rings (SSSR count). The van der Waals surface area contributed by atoms with E-state index in [2.05, 4.69) is 15.5 Å². The number of halogens is 1. The van der Waals surface area contributed by atoms with E-state index in [1.165, 1.54) is 24.0 Å². The first-order valence-electron chi connectivity index (χ1n) is 10.1. The molecule has 1 aromatic heterocycles. The monoisotopic (exact) mass is 392 g/mol. The van der Waals surface area contributed by atoms with E-state index in [0.29, 0.717) is 23.0 Å². The fraction of sp³-hybridized carbons (Fsp3) is 0.750. The summed E-state index contributed by atoms with van der Waals surface area (Å²) in [5.74, 6) is 1.99. The minimum atomic E-state index is -0.439. The number of hydrogen-bond acceptors (Lipinski definition) is 5. The molecule has 7 heteroatoms. The Kier molecular flexibility index (Phi) is 4.95. The molecule has 2 fully saturated rings. The highest BCUT2D eigenvalue weighted by atomic mass is 35.5. The van der Waals surface area contributed by atoms with Crippen molar-refractivity contribution in [2.75, 3.05) is 18.4 Å². The van der Waals surface area contributed by atoms with Crippen molar-refractivity contribution in [1.82, 2.24) is 15.1 Å². The van der Waals surface area contributed by atoms with Gasteiger partial charge in [-0.05, 0) is 76.7 Å². The van der Waals surface area contributed by atoms with Crippen LogP contribution in [0.3, 0.4) is 0 Å². The lowest BCUT2D eigenvalue weighted by Gasteiger charge is -2.26. The molecular formula is C20H29ClN4O2. The number of fused-ring (bicyclic) bond motifs is 2. The number of nitrogens with one attached hydrogen (secondary N) is 1. The lowest BCUT2D eigenvalue weighted by Crippen LogP contribution is -2.36. The van der Waals surface area contributed by atoms with Crippen LogP contribution in [0.4, 0.5) is 10.6 Å². The molecule has 0 aromatic carbocycles. The van der Waals surface area contributed by atoms with Crippen LogP contribution >= 0.6 is 11.6 Å². The molecule has 1 aromatic rings. The molecule has 1 amide bonds. The Morgan fingerprint density at radius 3 is 2.37 bits per heavy atom. The van der Waals surface area contributed by atoms with Crippen LogP contribution in [-0.2, 0) is 17.6 Å². The summed E-state index contributed by atoms with van der Waals surface area (Å²) in [6.07, 6.45) is 6.32. The molecule has 148 valence electrons. The van der Waals surface area contributed by atoms with Crippen LogP contribution in [0.25, 0.3) is 0 Å². The summed E-state index contributed by atoms with van der Waals surface area (Å²) in [7, 11) is 0. The smallest absolute Gasteiger partial charge is 0.410 e. The molecule has 2 aliphatic carbocycles. The van der Waals surface area contributed by atoms with E-state index in [1.54, 1.807) is 0 Å². The topological polar surface area (TPSA) is 67.3 Å². The maximum atomic E-state index is 12.3. The highest BCUT2D eigenvalue weighted by Gasteiger charge is 2.43. The molecular weight excluding hydrogens is 364 g/mol. The summed E-state index contributed by atoms with van der Waals surface area (Å²) in [6.45, 7) is 7.32. The van der Waals surface area contributed by atoms with Gasteiger partial charge >= 0.3 is 6.09 Å². The van der Waals surface area contributed by atoms with Gasteiger partial charge in [0.25, 0.3) is 0 Å². The Morgan fingerprint density at radius 1 is 1.11 bits per heavy atom. The SMILES string of the molecule is CC(C)(C)OC(=O)N1CC2CC(Nc3nnc(Cl)c4c3CCCC4)CC2C1. The summed E-state index contributed by atoms with van der Waals surface area (Å²) in [6, 6.07) is 0.391. The van der Waals surface area contributed by atoms with Crippen LogP contribution in [-0.4, -0.2) is 45.9 Å². The van der Waals surface area contributed by atoms with Crippen molar-refractivity contribution in [2.45, 2.75) is 70.9 Å². The van der Waals surface area contributed by atoms with Crippen LogP contribution in [0.2, 0.25) is 5.15 Å². The fourth-order valence-corrected chi connectivity index (χ4v) is 5.06. The van der Waals surface area contributed by atoms with Crippen molar-refractivity contribution >= 4 is 23.5 Å². The van der Waals surface area contributed by atoms with Crippen molar-refractivity contribution in [3.63, 3.8) is 0 Å². The minimum Gasteiger partial charge on any atom is -0.444 e. The third-order valence-electron chi connectivity index (χ3n) is 5.98. The van der Waals surface area contributed by atoms with Crippen molar-refractivity contribution in [3.8, 4) is 0 Å². The molecule has 2 atom stereocenters. The molecule has 1 N–H and O–H groups in total. The predicted molar refractivity (Wildman–Crippen MR) is 105 cm³/mol. The molecule has 1 saturated carbocycles. The van der Waals surface area contributed by atoms with E-state index in [9.17, 15) is 4.79 Å². The quantitative estimate of drug-likeness (QED) is 0.821. The summed E-state index contributed by atoms with van der Waals surface area (Å²) in [5, 5.41) is 12.7. The zero-order valence-corrected chi connectivity index (χ0v) is 17.2. The van der Waals surface area contributed by atoms with Crippen molar-refractivity contribution < 1.29 is 9.53 Å². The first kappa shape index (κ1) is 18.8. The highest BCUT2D eigenvalue weighted by Crippen LogP contribution is 2.40. The molecule has 3 aliphatic rings. The van der Waals surface area contributed by atoms with Gasteiger partial charge in [0, 0.05) is 24.7 Å². The average molecular weight is 393 g/mol. The zero-order chi connectivity index (χ0) is 19.2. The van der Waals surface area contributed by atoms with Gasteiger partial charge in [-0.15, -0.1) is 10.2 Å². The largest absolute Gasteiger partial charge is 0.444 e. The summed E-state index contributed by atoms with van der Waals surface area (Å²) in [5.41, 5.74) is 1.99. The number of nitrogens with zero attached hydrogens (tertiary/aromatic N) is 3. The summed E-state index contributed by atoms with van der Waals surface area (Å²) in [4.78, 5) is 14.2. The Labute approximate surface area is 166 Å². The Morgan fingerprint density at radius 2 is 1.74 bits per heavy atom. The van der Waals surface area contributed by atoms with Gasteiger partial charge in [-0.1, -0.05) is 11.6 Å². The van der Waals surface area contributed by atoms with E-state index in [1.807, 2.05) is 25.7 Å². The van der Waals surface area contributed by atoms with Gasteiger partial charge in [-0.25, -0.2) is 4.79 Å². The van der Waals surface area contributed by atoms with Crippen LogP contribution in [0.1, 0.15) is 57.6 Å². The van der Waals surface area contributed by atoms with Crippen LogP contribution in [0.5, 0.6) is 0 Å². The predicted octanol–water partition coefficient (Wildman–Crippen LogP) is 4.07. The molecule has 1 saturated heterocycles. The molecule has 0 radical (unpaired) electrons. The Hall–Kier alpha value is -1.56. The number of aromatic nitrogens is 2. The molecule has 27 heavy (non-hydrogen) atoms. The van der Waals surface area contributed by atoms with Crippen LogP contribution in [0, 0.1) is 11.8 Å². The van der Waals surface area contributed by atoms with E-state index < -0.39 is 5.60 Å². The first-order valence-corrected chi connectivity index (χ1v) is 10.5. The number of hydrogen-bond donors (Lipinski definition) is 1. The number of ether oxygens (including phenoxy) is 1. The van der Waals surface area contributed by atoms with Gasteiger partial charge in [-0.3, -0.25) is 0 Å². The van der Waals surface area contributed by atoms with E-state index >= 15 is 0 Å². The normalized spacial score (nSPS) is 27.3. The summed E-state index contributed by atoms with van der Waals surface area (Å²) >= 11 is 6.25. The maximum absolute atomic E-state index is 12.3. The van der Waals surface area contributed by atoms with E-state index in [4.69, 9.17) is 16.3 Å². The molecule has 2 unspecified atom stereocenters. The average Bonchev–Trinajstić information content (AvgIpc) is 3.15. The second-order valence-corrected chi connectivity index (χ2v) is 9.58. The highest BCUT2D eigenvalue weighted by molar-refractivity contribution is 6.30. The zero-order valence-electron chi connectivity index (χ0n) is 16.4. The molecule has 1 aliphatic heterocycles. The second-order valence-electron chi connectivity index (χ2n) is 9.22. The van der Waals surface area contributed by atoms with Crippen LogP contribution in [0.15, 0.2) is 0 Å². The van der Waals surface area contributed by atoms with Gasteiger partial charge in [0.1, 0.15) is 5.60 Å². The minimum absolute atomic E-state index is 0.181. The third-order valence-corrected chi connectivity index (χ3v) is 6.29. The lowest BCUT2D eigenvalue weighted by atomic mass is 9.93. The summed E-state index contributed by atoms with van der Waals surface area (Å²) < 4.78 is 5.52. The second kappa shape index (κ2) is 7.12. The maximum Gasteiger partial charge on any atom is 0.410 e. The fourth-order valence-electron chi connectivity index (χ4n) is 4.81. The standard InChI is InChI=1S/C20H29ClN4O2/c1-20(2,3)27-19(26)25-10-12-8-14(9-13(12)11-25)22-18-16-7-5-4-6-15(16)17(21)23-24-18/h12-14H,4-11H2,1-3H3,(H,22,24). The number of rotatable bonds is 2. The van der Waals surface area contributed by atoms with E-state index in [0.717, 1.165) is 44.6 Å². The van der Waals surface area contributed by atoms with Crippen molar-refractivity contribution in [3.05, 3.63) is 16.3 Å². The molecule has 6 nitrogen and oxygen atoms in total. The Balaban J connectivity index is 1.37. The van der Waals surface area contributed by atoms with Gasteiger partial charge < -0.3 is 15.0 Å². The van der Waals surface area contributed by atoms with Gasteiger partial charge in [0.15, 0.2) is 11.0 Å². The number of anilines is 1. The van der Waals surface area contributed by atoms with Crippen LogP contribution < -0.4 is 5.32 Å². The molecule has 0 bridgehead atoms. The number of amides is 1. The van der Waals surface area contributed by atoms with E-state index in [-0.39, 0.29) is 6.09 Å². The number of likely N-dealkylation sites (tertiary alicyclic amines) is 1. The van der Waals surface area contributed by atoms with Gasteiger partial charge in [-0.2, -0.15) is 0 Å². The Bertz CT molecular complexity index is 719. The van der Waals surface area contributed by atoms with Crippen molar-refractivity contribution in [1.29, 1.82) is 0 Å². The molecule has 0 spiro atoms. The lowest BCUT2D eigenvalue weighted by molar-refractivity contribution is 0.0280. The van der Waals surface area contributed by atoms with Gasteiger partial charge in [0.2, 0.25) is 0 Å².